The van der Waals surface area contributed by atoms with Gasteiger partial charge in [-0.2, -0.15) is 0 Å². The number of nitrogens with zero attached hydrogens (tertiary/aromatic N) is 1. The van der Waals surface area contributed by atoms with Crippen LogP contribution in [0.2, 0.25) is 0 Å². The Balaban J connectivity index is 2.05. The van der Waals surface area contributed by atoms with Gasteiger partial charge in [0.2, 0.25) is 0 Å². The van der Waals surface area contributed by atoms with Crippen molar-refractivity contribution in [3.05, 3.63) is 0 Å². The second-order valence-corrected chi connectivity index (χ2v) is 4.63. The van der Waals surface area contributed by atoms with E-state index in [1.54, 1.807) is 0 Å². The van der Waals surface area contributed by atoms with Crippen molar-refractivity contribution in [1.82, 2.24) is 4.90 Å². The van der Waals surface area contributed by atoms with Crippen LogP contribution < -0.4 is 0 Å². The summed E-state index contributed by atoms with van der Waals surface area (Å²) in [6.45, 7) is 4.90. The van der Waals surface area contributed by atoms with E-state index in [2.05, 4.69) is 11.9 Å². The lowest BCUT2D eigenvalue weighted by atomic mass is 9.75. The minimum absolute atomic E-state index is 0.0309. The number of likely N-dealkylation sites (tertiary alicyclic amines) is 1. The first-order valence-electron chi connectivity index (χ1n) is 5.12. The lowest BCUT2D eigenvalue weighted by Gasteiger charge is -2.39. The summed E-state index contributed by atoms with van der Waals surface area (Å²) in [5, 5.41) is 10.0. The van der Waals surface area contributed by atoms with Crippen LogP contribution in [0.5, 0.6) is 0 Å². The topological polar surface area (TPSA) is 32.7 Å². The SMILES string of the molecule is CC1OCC2(CCN(C)CC2)C1O. The van der Waals surface area contributed by atoms with Crippen LogP contribution in [0.3, 0.4) is 0 Å². The molecular formula is C10H19NO2. The van der Waals surface area contributed by atoms with Crippen LogP contribution in [-0.2, 0) is 4.74 Å². The van der Waals surface area contributed by atoms with Crippen molar-refractivity contribution in [2.24, 2.45) is 5.41 Å². The summed E-state index contributed by atoms with van der Waals surface area (Å²) >= 11 is 0. The van der Waals surface area contributed by atoms with E-state index in [9.17, 15) is 5.11 Å². The highest BCUT2D eigenvalue weighted by Crippen LogP contribution is 2.41. The zero-order valence-electron chi connectivity index (χ0n) is 8.49. The third-order valence-electron chi connectivity index (χ3n) is 3.69. The molecule has 2 aliphatic rings. The number of aliphatic hydroxyl groups excluding tert-OH is 1. The molecule has 0 amide bonds. The molecule has 0 aliphatic carbocycles. The summed E-state index contributed by atoms with van der Waals surface area (Å²) in [5.74, 6) is 0. The van der Waals surface area contributed by atoms with Gasteiger partial charge in [-0.1, -0.05) is 0 Å². The average molecular weight is 185 g/mol. The van der Waals surface area contributed by atoms with Gasteiger partial charge in [-0.05, 0) is 39.9 Å². The molecule has 76 valence electrons. The summed E-state index contributed by atoms with van der Waals surface area (Å²) in [5.41, 5.74) is 0.0753. The second kappa shape index (κ2) is 3.23. The molecule has 2 rings (SSSR count). The van der Waals surface area contributed by atoms with E-state index >= 15 is 0 Å². The van der Waals surface area contributed by atoms with E-state index in [0.717, 1.165) is 32.5 Å². The Labute approximate surface area is 79.7 Å². The zero-order valence-corrected chi connectivity index (χ0v) is 8.49. The van der Waals surface area contributed by atoms with Gasteiger partial charge in [0, 0.05) is 5.41 Å². The smallest absolute Gasteiger partial charge is 0.0878 e. The highest BCUT2D eigenvalue weighted by molar-refractivity contribution is 4.97. The molecule has 3 nitrogen and oxygen atoms in total. The molecule has 2 saturated heterocycles. The first-order valence-corrected chi connectivity index (χ1v) is 5.12. The number of aliphatic hydroxyl groups is 1. The normalized spacial score (nSPS) is 39.9. The largest absolute Gasteiger partial charge is 0.390 e. The minimum Gasteiger partial charge on any atom is -0.390 e. The molecule has 2 heterocycles. The van der Waals surface area contributed by atoms with E-state index in [-0.39, 0.29) is 17.6 Å². The van der Waals surface area contributed by atoms with Crippen LogP contribution in [0.1, 0.15) is 19.8 Å². The van der Waals surface area contributed by atoms with Gasteiger partial charge in [0.05, 0.1) is 18.8 Å². The summed E-state index contributed by atoms with van der Waals surface area (Å²) in [6, 6.07) is 0. The molecule has 0 aromatic rings. The van der Waals surface area contributed by atoms with E-state index < -0.39 is 0 Å². The monoisotopic (exact) mass is 185 g/mol. The van der Waals surface area contributed by atoms with Crippen molar-refractivity contribution in [3.8, 4) is 0 Å². The van der Waals surface area contributed by atoms with Gasteiger partial charge in [-0.3, -0.25) is 0 Å². The Kier molecular flexibility index (Phi) is 2.34. The molecule has 2 aliphatic heterocycles. The molecule has 13 heavy (non-hydrogen) atoms. The number of rotatable bonds is 0. The van der Waals surface area contributed by atoms with E-state index in [0.29, 0.717) is 0 Å². The van der Waals surface area contributed by atoms with Gasteiger partial charge in [-0.15, -0.1) is 0 Å². The molecule has 0 radical (unpaired) electrons. The number of hydrogen-bond donors (Lipinski definition) is 1. The van der Waals surface area contributed by atoms with Crippen molar-refractivity contribution >= 4 is 0 Å². The molecular weight excluding hydrogens is 166 g/mol. The average Bonchev–Trinajstić information content (AvgIpc) is 2.40. The van der Waals surface area contributed by atoms with Crippen molar-refractivity contribution < 1.29 is 9.84 Å². The quantitative estimate of drug-likeness (QED) is 0.596. The van der Waals surface area contributed by atoms with Gasteiger partial charge in [0.15, 0.2) is 0 Å². The zero-order chi connectivity index (χ0) is 9.47. The summed E-state index contributed by atoms with van der Waals surface area (Å²) in [7, 11) is 2.14. The van der Waals surface area contributed by atoms with Crippen molar-refractivity contribution in [1.29, 1.82) is 0 Å². The minimum atomic E-state index is -0.249. The van der Waals surface area contributed by atoms with Gasteiger partial charge in [0.25, 0.3) is 0 Å². The van der Waals surface area contributed by atoms with Gasteiger partial charge < -0.3 is 14.7 Å². The van der Waals surface area contributed by atoms with Gasteiger partial charge in [-0.25, -0.2) is 0 Å². The lowest BCUT2D eigenvalue weighted by Crippen LogP contribution is -2.45. The molecule has 1 N–H and O–H groups in total. The fourth-order valence-electron chi connectivity index (χ4n) is 2.48. The van der Waals surface area contributed by atoms with Crippen LogP contribution in [0.4, 0.5) is 0 Å². The first-order chi connectivity index (χ1) is 6.14. The molecule has 1 spiro atoms. The van der Waals surface area contributed by atoms with Gasteiger partial charge in [0.1, 0.15) is 0 Å². The van der Waals surface area contributed by atoms with E-state index in [1.807, 2.05) is 6.92 Å². The van der Waals surface area contributed by atoms with Crippen LogP contribution in [-0.4, -0.2) is 49.0 Å². The number of ether oxygens (including phenoxy) is 1. The maximum absolute atomic E-state index is 10.0. The highest BCUT2D eigenvalue weighted by Gasteiger charge is 2.48. The highest BCUT2D eigenvalue weighted by atomic mass is 16.5. The lowest BCUT2D eigenvalue weighted by molar-refractivity contribution is 0.00547. The third kappa shape index (κ3) is 1.49. The Morgan fingerprint density at radius 1 is 1.38 bits per heavy atom. The summed E-state index contributed by atoms with van der Waals surface area (Å²) in [6.07, 6.45) is 1.94. The van der Waals surface area contributed by atoms with Crippen LogP contribution >= 0.6 is 0 Å². The molecule has 0 saturated carbocycles. The Morgan fingerprint density at radius 3 is 2.46 bits per heavy atom. The van der Waals surface area contributed by atoms with E-state index in [1.165, 1.54) is 0 Å². The first kappa shape index (κ1) is 9.44. The molecule has 2 unspecified atom stereocenters. The molecule has 3 heteroatoms. The van der Waals surface area contributed by atoms with Gasteiger partial charge >= 0.3 is 0 Å². The van der Waals surface area contributed by atoms with E-state index in [4.69, 9.17) is 4.74 Å². The molecule has 0 aromatic carbocycles. The maximum atomic E-state index is 10.0. The Hall–Kier alpha value is -0.120. The molecule has 2 atom stereocenters. The third-order valence-corrected chi connectivity index (χ3v) is 3.69. The van der Waals surface area contributed by atoms with Crippen molar-refractivity contribution in [3.63, 3.8) is 0 Å². The van der Waals surface area contributed by atoms with Crippen molar-refractivity contribution in [2.45, 2.75) is 32.0 Å². The summed E-state index contributed by atoms with van der Waals surface area (Å²) in [4.78, 5) is 2.32. The Morgan fingerprint density at radius 2 is 2.00 bits per heavy atom. The Bertz CT molecular complexity index is 187. The van der Waals surface area contributed by atoms with Crippen LogP contribution in [0, 0.1) is 5.41 Å². The molecule has 0 aromatic heterocycles. The van der Waals surface area contributed by atoms with Crippen LogP contribution in [0.25, 0.3) is 0 Å². The fraction of sp³-hybridized carbons (Fsp3) is 1.00. The molecule has 2 fully saturated rings. The second-order valence-electron chi connectivity index (χ2n) is 4.63. The van der Waals surface area contributed by atoms with Crippen molar-refractivity contribution in [2.75, 3.05) is 26.7 Å². The predicted octanol–water partition coefficient (Wildman–Crippen LogP) is 0.478. The standard InChI is InChI=1S/C10H19NO2/c1-8-9(12)10(7-13-8)3-5-11(2)6-4-10/h8-9,12H,3-7H2,1-2H3. The van der Waals surface area contributed by atoms with Crippen LogP contribution in [0.15, 0.2) is 0 Å². The number of piperidine rings is 1. The molecule has 0 bridgehead atoms. The number of hydrogen-bond acceptors (Lipinski definition) is 3. The fourth-order valence-corrected chi connectivity index (χ4v) is 2.48. The predicted molar refractivity (Wildman–Crippen MR) is 50.6 cm³/mol. The maximum Gasteiger partial charge on any atom is 0.0878 e. The summed E-state index contributed by atoms with van der Waals surface area (Å²) < 4.78 is 5.53.